The summed E-state index contributed by atoms with van der Waals surface area (Å²) in [5.74, 6) is 0.833. The maximum absolute atomic E-state index is 14.7. The van der Waals surface area contributed by atoms with E-state index in [0.29, 0.717) is 12.1 Å². The minimum absolute atomic E-state index is 0.00943. The average Bonchev–Trinajstić information content (AvgIpc) is 3.42. The van der Waals surface area contributed by atoms with Crippen LogP contribution in [0.2, 0.25) is 0 Å². The van der Waals surface area contributed by atoms with E-state index >= 15 is 0 Å². The summed E-state index contributed by atoms with van der Waals surface area (Å²) in [5, 5.41) is 0. The summed E-state index contributed by atoms with van der Waals surface area (Å²) in [4.78, 5) is 24.1. The van der Waals surface area contributed by atoms with Gasteiger partial charge in [0, 0.05) is 37.3 Å². The monoisotopic (exact) mass is 576 g/mol. The SMILES string of the molecule is COc1ccccc1-c1ccc(C(=O)N2c3ccccc3Cn3[c]ccc3C2N2CCN(CCCN(C)C)CC2)cc1C. The van der Waals surface area contributed by atoms with Crippen molar-refractivity contribution in [2.24, 2.45) is 0 Å². The van der Waals surface area contributed by atoms with Gasteiger partial charge in [0.15, 0.2) is 0 Å². The average molecular weight is 577 g/mol. The van der Waals surface area contributed by atoms with Crippen molar-refractivity contribution in [2.45, 2.75) is 26.1 Å². The number of ether oxygens (including phenoxy) is 1. The molecule has 1 fully saturated rings. The molecule has 1 saturated heterocycles. The van der Waals surface area contributed by atoms with E-state index in [9.17, 15) is 4.79 Å². The molecule has 1 radical (unpaired) electrons. The molecule has 223 valence electrons. The lowest BCUT2D eigenvalue weighted by atomic mass is 9.97. The van der Waals surface area contributed by atoms with Crippen LogP contribution < -0.4 is 9.64 Å². The molecular weight excluding hydrogens is 534 g/mol. The Morgan fingerprint density at radius 3 is 2.49 bits per heavy atom. The van der Waals surface area contributed by atoms with Gasteiger partial charge in [0.05, 0.1) is 31.2 Å². The van der Waals surface area contributed by atoms with Gasteiger partial charge in [0.1, 0.15) is 11.9 Å². The third kappa shape index (κ3) is 5.98. The van der Waals surface area contributed by atoms with Crippen molar-refractivity contribution in [3.05, 3.63) is 107 Å². The number of hydrogen-bond donors (Lipinski definition) is 0. The number of carbonyl (C=O) groups excluding carboxylic acids is 1. The molecule has 1 unspecified atom stereocenters. The Morgan fingerprint density at radius 1 is 0.953 bits per heavy atom. The smallest absolute Gasteiger partial charge is 0.259 e. The summed E-state index contributed by atoms with van der Waals surface area (Å²) >= 11 is 0. The van der Waals surface area contributed by atoms with Gasteiger partial charge in [0.25, 0.3) is 5.91 Å². The molecule has 3 aromatic carbocycles. The second-order valence-electron chi connectivity index (χ2n) is 11.9. The van der Waals surface area contributed by atoms with Gasteiger partial charge in [-0.15, -0.1) is 0 Å². The molecule has 7 heteroatoms. The van der Waals surface area contributed by atoms with Crippen LogP contribution in [-0.2, 0) is 6.54 Å². The predicted molar refractivity (Wildman–Crippen MR) is 173 cm³/mol. The Hall–Kier alpha value is -3.91. The Kier molecular flexibility index (Phi) is 8.66. The molecule has 0 spiro atoms. The van der Waals surface area contributed by atoms with E-state index in [1.807, 2.05) is 47.4 Å². The van der Waals surface area contributed by atoms with Crippen molar-refractivity contribution in [1.82, 2.24) is 19.3 Å². The molecule has 3 heterocycles. The highest BCUT2D eigenvalue weighted by atomic mass is 16.5. The maximum atomic E-state index is 14.7. The summed E-state index contributed by atoms with van der Waals surface area (Å²) in [7, 11) is 5.96. The van der Waals surface area contributed by atoms with Gasteiger partial charge in [-0.1, -0.05) is 42.5 Å². The van der Waals surface area contributed by atoms with Crippen molar-refractivity contribution in [3.63, 3.8) is 0 Å². The van der Waals surface area contributed by atoms with E-state index < -0.39 is 0 Å². The van der Waals surface area contributed by atoms with Crippen LogP contribution in [-0.4, -0.2) is 85.6 Å². The third-order valence-corrected chi connectivity index (χ3v) is 8.81. The first-order valence-electron chi connectivity index (χ1n) is 15.3. The Bertz CT molecular complexity index is 1570. The lowest BCUT2D eigenvalue weighted by Gasteiger charge is -2.43. The number of piperazine rings is 1. The minimum Gasteiger partial charge on any atom is -0.496 e. The number of benzene rings is 3. The van der Waals surface area contributed by atoms with Gasteiger partial charge in [-0.25, -0.2) is 0 Å². The normalized spacial score (nSPS) is 17.4. The maximum Gasteiger partial charge on any atom is 0.259 e. The topological polar surface area (TPSA) is 44.2 Å². The zero-order valence-corrected chi connectivity index (χ0v) is 25.8. The van der Waals surface area contributed by atoms with Gasteiger partial charge in [-0.05, 0) is 93.6 Å². The third-order valence-electron chi connectivity index (χ3n) is 8.81. The molecule has 4 aromatic rings. The number of aryl methyl sites for hydroxylation is 1. The molecule has 0 aliphatic carbocycles. The van der Waals surface area contributed by atoms with Gasteiger partial charge in [0.2, 0.25) is 0 Å². The number of methoxy groups -OCH3 is 1. The fourth-order valence-corrected chi connectivity index (χ4v) is 6.57. The van der Waals surface area contributed by atoms with Gasteiger partial charge in [-0.3, -0.25) is 14.6 Å². The van der Waals surface area contributed by atoms with Crippen LogP contribution in [0.1, 0.15) is 39.8 Å². The van der Waals surface area contributed by atoms with Crippen LogP contribution in [0.4, 0.5) is 5.69 Å². The van der Waals surface area contributed by atoms with Gasteiger partial charge >= 0.3 is 0 Å². The first kappa shape index (κ1) is 29.2. The fourth-order valence-electron chi connectivity index (χ4n) is 6.57. The van der Waals surface area contributed by atoms with Crippen LogP contribution in [0.15, 0.2) is 78.9 Å². The van der Waals surface area contributed by atoms with Crippen molar-refractivity contribution in [3.8, 4) is 16.9 Å². The van der Waals surface area contributed by atoms with E-state index in [-0.39, 0.29) is 12.1 Å². The summed E-state index contributed by atoms with van der Waals surface area (Å²) in [6.45, 7) is 8.74. The van der Waals surface area contributed by atoms with E-state index in [1.54, 1.807) is 7.11 Å². The summed E-state index contributed by atoms with van der Waals surface area (Å²) in [6.07, 6.45) is 4.37. The number of anilines is 1. The molecule has 0 N–H and O–H groups in total. The molecule has 2 aliphatic rings. The largest absolute Gasteiger partial charge is 0.496 e. The van der Waals surface area contributed by atoms with Gasteiger partial charge in [-0.2, -0.15) is 0 Å². The van der Waals surface area contributed by atoms with Crippen LogP contribution in [0.25, 0.3) is 11.1 Å². The standard InChI is InChI=1S/C36H42N5O2/c1-27-25-28(16-17-30(27)31-12-6-8-15-34(31)43-4)36(42)41-32-13-7-5-11-29(32)26-40-20-9-14-33(40)35(41)39-23-21-38(22-24-39)19-10-18-37(2)3/h5-9,11-17,25,35H,10,18-19,21-24,26H2,1-4H3. The van der Waals surface area contributed by atoms with E-state index in [2.05, 4.69) is 82.9 Å². The molecular formula is C36H42N5O2. The van der Waals surface area contributed by atoms with Crippen molar-refractivity contribution < 1.29 is 9.53 Å². The lowest BCUT2D eigenvalue weighted by molar-refractivity contribution is 0.0757. The van der Waals surface area contributed by atoms with Crippen LogP contribution in [0, 0.1) is 13.1 Å². The number of aromatic nitrogens is 1. The van der Waals surface area contributed by atoms with E-state index in [0.717, 1.165) is 85.1 Å². The first-order valence-corrected chi connectivity index (χ1v) is 15.3. The molecule has 6 rings (SSSR count). The van der Waals surface area contributed by atoms with Crippen molar-refractivity contribution in [2.75, 3.05) is 65.4 Å². The second kappa shape index (κ2) is 12.8. The Labute approximate surface area is 255 Å². The zero-order chi connectivity index (χ0) is 29.9. The molecule has 1 atom stereocenters. The highest BCUT2D eigenvalue weighted by Gasteiger charge is 2.38. The van der Waals surface area contributed by atoms with Crippen molar-refractivity contribution in [1.29, 1.82) is 0 Å². The molecule has 1 amide bonds. The predicted octanol–water partition coefficient (Wildman–Crippen LogP) is 5.55. The van der Waals surface area contributed by atoms with Crippen molar-refractivity contribution >= 4 is 11.6 Å². The zero-order valence-electron chi connectivity index (χ0n) is 25.8. The van der Waals surface area contributed by atoms with Crippen LogP contribution in [0.5, 0.6) is 5.75 Å². The number of rotatable bonds is 8. The van der Waals surface area contributed by atoms with E-state index in [4.69, 9.17) is 4.74 Å². The number of fused-ring (bicyclic) bond motifs is 2. The minimum atomic E-state index is -0.222. The number of carbonyl (C=O) groups is 1. The number of amides is 1. The molecule has 1 aromatic heterocycles. The van der Waals surface area contributed by atoms with Crippen LogP contribution in [0.3, 0.4) is 0 Å². The summed E-state index contributed by atoms with van der Waals surface area (Å²) in [6, 6.07) is 26.5. The summed E-state index contributed by atoms with van der Waals surface area (Å²) in [5.41, 5.74) is 7.01. The number of nitrogens with zero attached hydrogens (tertiary/aromatic N) is 5. The Balaban J connectivity index is 1.35. The van der Waals surface area contributed by atoms with Crippen LogP contribution >= 0.6 is 0 Å². The first-order chi connectivity index (χ1) is 20.9. The second-order valence-corrected chi connectivity index (χ2v) is 11.9. The molecule has 2 aliphatic heterocycles. The molecule has 0 bridgehead atoms. The molecule has 0 saturated carbocycles. The molecule has 7 nitrogen and oxygen atoms in total. The lowest BCUT2D eigenvalue weighted by Crippen LogP contribution is -2.53. The highest BCUT2D eigenvalue weighted by Crippen LogP contribution is 2.39. The van der Waals surface area contributed by atoms with E-state index in [1.165, 1.54) is 0 Å². The number of hydrogen-bond acceptors (Lipinski definition) is 5. The highest BCUT2D eigenvalue weighted by molar-refractivity contribution is 6.07. The Morgan fingerprint density at radius 2 is 1.72 bits per heavy atom. The fraction of sp³-hybridized carbons (Fsp3) is 0.361. The molecule has 43 heavy (non-hydrogen) atoms. The summed E-state index contributed by atoms with van der Waals surface area (Å²) < 4.78 is 7.83. The number of para-hydroxylation sites is 2. The van der Waals surface area contributed by atoms with Gasteiger partial charge < -0.3 is 19.1 Å². The quantitative estimate of drug-likeness (QED) is 0.275.